The van der Waals surface area contributed by atoms with Gasteiger partial charge in [-0.3, -0.25) is 9.59 Å². The monoisotopic (exact) mass is 393 g/mol. The lowest BCUT2D eigenvalue weighted by atomic mass is 10.1. The van der Waals surface area contributed by atoms with Gasteiger partial charge in [-0.15, -0.1) is 11.3 Å². The average Bonchev–Trinajstić information content (AvgIpc) is 3.29. The number of fused-ring (bicyclic) bond motifs is 1. The van der Waals surface area contributed by atoms with Crippen molar-refractivity contribution in [3.05, 3.63) is 64.5 Å². The molecule has 142 valence electrons. The summed E-state index contributed by atoms with van der Waals surface area (Å²) in [5.41, 5.74) is 2.12. The second-order valence-corrected chi connectivity index (χ2v) is 7.80. The van der Waals surface area contributed by atoms with Crippen molar-refractivity contribution in [2.45, 2.75) is 19.8 Å². The van der Waals surface area contributed by atoms with Gasteiger partial charge in [-0.2, -0.15) is 0 Å². The summed E-state index contributed by atoms with van der Waals surface area (Å²) in [4.78, 5) is 38.9. The standard InChI is InChI=1S/C22H19NO4S/c1-14-17-5-2-3-6-19(17)28-21(14)22(26)27-13-18(24)15-8-10-16(11-9-15)23-12-4-7-20(23)25/h2-3,5-6,8-11H,4,7,12-13H2,1H3. The van der Waals surface area contributed by atoms with E-state index in [1.807, 2.05) is 31.2 Å². The number of thiophene rings is 1. The van der Waals surface area contributed by atoms with E-state index >= 15 is 0 Å². The molecule has 2 heterocycles. The molecule has 0 N–H and O–H groups in total. The Balaban J connectivity index is 1.41. The molecule has 5 nitrogen and oxygen atoms in total. The number of ether oxygens (including phenoxy) is 1. The number of hydrogen-bond acceptors (Lipinski definition) is 5. The molecular formula is C22H19NO4S. The first-order valence-corrected chi connectivity index (χ1v) is 9.95. The third-order valence-corrected chi connectivity index (χ3v) is 6.19. The van der Waals surface area contributed by atoms with Gasteiger partial charge in [0.2, 0.25) is 5.91 Å². The Labute approximate surface area is 166 Å². The van der Waals surface area contributed by atoms with Crippen LogP contribution in [0.5, 0.6) is 0 Å². The number of nitrogens with zero attached hydrogens (tertiary/aromatic N) is 1. The van der Waals surface area contributed by atoms with E-state index in [4.69, 9.17) is 4.74 Å². The lowest BCUT2D eigenvalue weighted by molar-refractivity contribution is -0.117. The summed E-state index contributed by atoms with van der Waals surface area (Å²) in [7, 11) is 0. The fourth-order valence-corrected chi connectivity index (χ4v) is 4.50. The van der Waals surface area contributed by atoms with Crippen LogP contribution >= 0.6 is 11.3 Å². The van der Waals surface area contributed by atoms with Crippen molar-refractivity contribution in [2.75, 3.05) is 18.1 Å². The second-order valence-electron chi connectivity index (χ2n) is 6.75. The first-order valence-electron chi connectivity index (χ1n) is 9.13. The molecule has 28 heavy (non-hydrogen) atoms. The van der Waals surface area contributed by atoms with Crippen LogP contribution in [0.25, 0.3) is 10.1 Å². The number of Topliss-reactive ketones (excluding diaryl/α,β-unsaturated/α-hetero) is 1. The van der Waals surface area contributed by atoms with E-state index in [0.29, 0.717) is 23.4 Å². The van der Waals surface area contributed by atoms with Crippen molar-refractivity contribution in [3.8, 4) is 0 Å². The summed E-state index contributed by atoms with van der Waals surface area (Å²) in [6, 6.07) is 14.6. The van der Waals surface area contributed by atoms with Gasteiger partial charge in [-0.05, 0) is 54.6 Å². The van der Waals surface area contributed by atoms with E-state index in [1.165, 1.54) is 11.3 Å². The Hall–Kier alpha value is -2.99. The number of ketones is 1. The zero-order valence-corrected chi connectivity index (χ0v) is 16.3. The fraction of sp³-hybridized carbons (Fsp3) is 0.227. The van der Waals surface area contributed by atoms with Gasteiger partial charge < -0.3 is 9.64 Å². The van der Waals surface area contributed by atoms with Crippen LogP contribution in [0.3, 0.4) is 0 Å². The Morgan fingerprint density at radius 3 is 2.54 bits per heavy atom. The van der Waals surface area contributed by atoms with Gasteiger partial charge in [0, 0.05) is 28.9 Å². The highest BCUT2D eigenvalue weighted by Crippen LogP contribution is 2.31. The molecule has 0 unspecified atom stereocenters. The molecule has 1 aliphatic rings. The molecule has 6 heteroatoms. The number of amides is 1. The van der Waals surface area contributed by atoms with Crippen molar-refractivity contribution < 1.29 is 19.1 Å². The van der Waals surface area contributed by atoms with Gasteiger partial charge in [-0.25, -0.2) is 4.79 Å². The van der Waals surface area contributed by atoms with E-state index in [-0.39, 0.29) is 18.3 Å². The largest absolute Gasteiger partial charge is 0.453 e. The topological polar surface area (TPSA) is 63.7 Å². The smallest absolute Gasteiger partial charge is 0.349 e. The molecule has 4 rings (SSSR count). The maximum atomic E-state index is 12.4. The summed E-state index contributed by atoms with van der Waals surface area (Å²) in [5.74, 6) is -0.649. The van der Waals surface area contributed by atoms with E-state index in [0.717, 1.165) is 27.8 Å². The third-order valence-electron chi connectivity index (χ3n) is 4.94. The lowest BCUT2D eigenvalue weighted by Crippen LogP contribution is -2.23. The van der Waals surface area contributed by atoms with Gasteiger partial charge in [-0.1, -0.05) is 18.2 Å². The number of hydrogen-bond donors (Lipinski definition) is 0. The Morgan fingerprint density at radius 1 is 1.11 bits per heavy atom. The molecule has 0 atom stereocenters. The van der Waals surface area contributed by atoms with Gasteiger partial charge in [0.1, 0.15) is 4.88 Å². The van der Waals surface area contributed by atoms with E-state index < -0.39 is 5.97 Å². The van der Waals surface area contributed by atoms with Crippen molar-refractivity contribution in [1.82, 2.24) is 0 Å². The molecule has 0 radical (unpaired) electrons. The number of rotatable bonds is 5. The van der Waals surface area contributed by atoms with Crippen LogP contribution < -0.4 is 4.90 Å². The molecule has 0 aliphatic carbocycles. The molecular weight excluding hydrogens is 374 g/mol. The average molecular weight is 393 g/mol. The van der Waals surface area contributed by atoms with Gasteiger partial charge in [0.25, 0.3) is 0 Å². The Morgan fingerprint density at radius 2 is 1.86 bits per heavy atom. The number of aryl methyl sites for hydroxylation is 1. The molecule has 1 aliphatic heterocycles. The van der Waals surface area contributed by atoms with E-state index in [2.05, 4.69) is 0 Å². The summed E-state index contributed by atoms with van der Waals surface area (Å²) in [6.07, 6.45) is 1.42. The Kier molecular flexibility index (Phi) is 4.96. The molecule has 3 aromatic rings. The van der Waals surface area contributed by atoms with Gasteiger partial charge >= 0.3 is 5.97 Å². The summed E-state index contributed by atoms with van der Waals surface area (Å²) < 4.78 is 6.28. The Bertz CT molecular complexity index is 1070. The lowest BCUT2D eigenvalue weighted by Gasteiger charge is -2.15. The maximum absolute atomic E-state index is 12.4. The number of carbonyl (C=O) groups excluding carboxylic acids is 3. The van der Waals surface area contributed by atoms with Crippen LogP contribution in [-0.2, 0) is 9.53 Å². The summed E-state index contributed by atoms with van der Waals surface area (Å²) in [5, 5.41) is 1.03. The minimum absolute atomic E-state index is 0.103. The fourth-order valence-electron chi connectivity index (χ4n) is 3.40. The van der Waals surface area contributed by atoms with Crippen molar-refractivity contribution in [3.63, 3.8) is 0 Å². The highest BCUT2D eigenvalue weighted by molar-refractivity contribution is 7.21. The minimum atomic E-state index is -0.480. The molecule has 0 spiro atoms. The number of esters is 1. The zero-order chi connectivity index (χ0) is 19.7. The molecule has 0 saturated carbocycles. The predicted molar refractivity (Wildman–Crippen MR) is 109 cm³/mol. The van der Waals surface area contributed by atoms with Crippen LogP contribution in [0, 0.1) is 6.92 Å². The summed E-state index contributed by atoms with van der Waals surface area (Å²) in [6.45, 7) is 2.28. The van der Waals surface area contributed by atoms with Crippen LogP contribution in [-0.4, -0.2) is 30.8 Å². The normalized spacial score (nSPS) is 13.9. The zero-order valence-electron chi connectivity index (χ0n) is 15.4. The molecule has 2 aromatic carbocycles. The van der Waals surface area contributed by atoms with Crippen LogP contribution in [0.1, 0.15) is 38.4 Å². The first-order chi connectivity index (χ1) is 13.5. The number of carbonyl (C=O) groups is 3. The summed E-state index contributed by atoms with van der Waals surface area (Å²) >= 11 is 1.37. The molecule has 1 fully saturated rings. The predicted octanol–water partition coefficient (Wildman–Crippen LogP) is 4.38. The molecule has 1 saturated heterocycles. The SMILES string of the molecule is Cc1c(C(=O)OCC(=O)c2ccc(N3CCCC3=O)cc2)sc2ccccc12. The maximum Gasteiger partial charge on any atom is 0.349 e. The van der Waals surface area contributed by atoms with Gasteiger partial charge in [0.15, 0.2) is 12.4 Å². The van der Waals surface area contributed by atoms with Crippen LogP contribution in [0.2, 0.25) is 0 Å². The number of anilines is 1. The van der Waals surface area contributed by atoms with Crippen molar-refractivity contribution in [1.29, 1.82) is 0 Å². The minimum Gasteiger partial charge on any atom is -0.453 e. The van der Waals surface area contributed by atoms with Crippen molar-refractivity contribution in [2.24, 2.45) is 0 Å². The molecule has 1 amide bonds. The highest BCUT2D eigenvalue weighted by atomic mass is 32.1. The van der Waals surface area contributed by atoms with Crippen LogP contribution in [0.15, 0.2) is 48.5 Å². The van der Waals surface area contributed by atoms with E-state index in [1.54, 1.807) is 29.2 Å². The quantitative estimate of drug-likeness (QED) is 0.477. The van der Waals surface area contributed by atoms with Crippen molar-refractivity contribution >= 4 is 44.8 Å². The number of benzene rings is 2. The molecule has 1 aromatic heterocycles. The molecule has 0 bridgehead atoms. The third kappa shape index (κ3) is 3.43. The van der Waals surface area contributed by atoms with E-state index in [9.17, 15) is 14.4 Å². The van der Waals surface area contributed by atoms with Gasteiger partial charge in [0.05, 0.1) is 0 Å². The highest BCUT2D eigenvalue weighted by Gasteiger charge is 2.22. The first kappa shape index (κ1) is 18.4. The van der Waals surface area contributed by atoms with Crippen LogP contribution in [0.4, 0.5) is 5.69 Å². The second kappa shape index (κ2) is 7.56.